The molecule has 1 aromatic heterocycles. The first-order valence-corrected chi connectivity index (χ1v) is 9.98. The highest BCUT2D eigenvalue weighted by Crippen LogP contribution is 2.36. The fraction of sp³-hybridized carbons (Fsp3) is 0.0870. The summed E-state index contributed by atoms with van der Waals surface area (Å²) >= 11 is 12.4. The molecule has 2 aromatic carbocycles. The minimum atomic E-state index is -0.428. The van der Waals surface area contributed by atoms with E-state index < -0.39 is 11.8 Å². The second-order valence-corrected chi connectivity index (χ2v) is 7.77. The van der Waals surface area contributed by atoms with Gasteiger partial charge in [0.2, 0.25) is 0 Å². The number of anilines is 1. The van der Waals surface area contributed by atoms with Crippen LogP contribution in [-0.4, -0.2) is 21.7 Å². The Morgan fingerprint density at radius 1 is 1.00 bits per heavy atom. The van der Waals surface area contributed by atoms with Crippen molar-refractivity contribution in [3.8, 4) is 0 Å². The third kappa shape index (κ3) is 3.95. The van der Waals surface area contributed by atoms with Gasteiger partial charge in [-0.1, -0.05) is 53.0 Å². The Morgan fingerprint density at radius 2 is 1.77 bits per heavy atom. The van der Waals surface area contributed by atoms with Crippen molar-refractivity contribution >= 4 is 46.3 Å². The number of imide groups is 1. The smallest absolute Gasteiger partial charge is 0.278 e. The van der Waals surface area contributed by atoms with E-state index in [1.54, 1.807) is 36.7 Å². The molecule has 1 aliphatic rings. The van der Waals surface area contributed by atoms with E-state index in [2.05, 4.69) is 10.3 Å². The summed E-state index contributed by atoms with van der Waals surface area (Å²) in [5.41, 5.74) is 3.37. The average Bonchev–Trinajstić information content (AvgIpc) is 2.95. The van der Waals surface area contributed by atoms with Gasteiger partial charge in [-0.15, -0.1) is 0 Å². The average molecular weight is 438 g/mol. The number of benzene rings is 2. The molecule has 150 valence electrons. The van der Waals surface area contributed by atoms with Crippen molar-refractivity contribution in [1.82, 2.24) is 9.88 Å². The van der Waals surface area contributed by atoms with Crippen molar-refractivity contribution in [2.24, 2.45) is 0 Å². The maximum atomic E-state index is 13.3. The van der Waals surface area contributed by atoms with Gasteiger partial charge in [-0.2, -0.15) is 0 Å². The molecule has 0 fully saturated rings. The normalized spacial score (nSPS) is 13.9. The van der Waals surface area contributed by atoms with Crippen molar-refractivity contribution in [3.05, 3.63) is 99.4 Å². The van der Waals surface area contributed by atoms with Gasteiger partial charge in [0.05, 0.1) is 17.1 Å². The Labute approximate surface area is 183 Å². The molecule has 30 heavy (non-hydrogen) atoms. The Kier molecular flexibility index (Phi) is 5.57. The van der Waals surface area contributed by atoms with Crippen LogP contribution in [-0.2, 0) is 16.1 Å². The number of rotatable bonds is 5. The predicted molar refractivity (Wildman–Crippen MR) is 118 cm³/mol. The third-order valence-corrected chi connectivity index (χ3v) is 5.30. The Bertz CT molecular complexity index is 1160. The van der Waals surface area contributed by atoms with Crippen molar-refractivity contribution in [3.63, 3.8) is 0 Å². The lowest BCUT2D eigenvalue weighted by Crippen LogP contribution is -2.32. The van der Waals surface area contributed by atoms with E-state index in [0.29, 0.717) is 21.3 Å². The summed E-state index contributed by atoms with van der Waals surface area (Å²) < 4.78 is 0. The first-order chi connectivity index (χ1) is 14.4. The number of pyridine rings is 1. The van der Waals surface area contributed by atoms with Crippen LogP contribution < -0.4 is 5.32 Å². The summed E-state index contributed by atoms with van der Waals surface area (Å²) in [5.74, 6) is -0.854. The fourth-order valence-corrected chi connectivity index (χ4v) is 3.74. The number of halogens is 2. The number of hydrogen-bond acceptors (Lipinski definition) is 4. The summed E-state index contributed by atoms with van der Waals surface area (Å²) in [4.78, 5) is 31.8. The van der Waals surface area contributed by atoms with Gasteiger partial charge in [-0.25, -0.2) is 0 Å². The summed E-state index contributed by atoms with van der Waals surface area (Å²) in [6.45, 7) is 2.08. The summed E-state index contributed by atoms with van der Waals surface area (Å²) in [7, 11) is 0. The molecule has 2 amide bonds. The van der Waals surface area contributed by atoms with E-state index in [4.69, 9.17) is 23.2 Å². The quantitative estimate of drug-likeness (QED) is 0.564. The first kappa shape index (κ1) is 20.1. The zero-order chi connectivity index (χ0) is 21.3. The molecule has 0 saturated carbocycles. The SMILES string of the molecule is Cc1ccc(NC2=C(c3ccc(Cl)cc3Cl)C(=O)N(Cc3cccnc3)C2=O)cc1. The fourth-order valence-electron chi connectivity index (χ4n) is 3.23. The Balaban J connectivity index is 1.78. The highest BCUT2D eigenvalue weighted by atomic mass is 35.5. The number of aromatic nitrogens is 1. The number of aryl methyl sites for hydroxylation is 1. The highest BCUT2D eigenvalue weighted by molar-refractivity contribution is 6.41. The van der Waals surface area contributed by atoms with Crippen LogP contribution in [0.15, 0.2) is 72.7 Å². The van der Waals surface area contributed by atoms with Crippen molar-refractivity contribution < 1.29 is 9.59 Å². The van der Waals surface area contributed by atoms with Gasteiger partial charge in [0, 0.05) is 28.7 Å². The lowest BCUT2D eigenvalue weighted by molar-refractivity contribution is -0.137. The Morgan fingerprint density at radius 3 is 2.43 bits per heavy atom. The number of carbonyl (C=O) groups is 2. The zero-order valence-electron chi connectivity index (χ0n) is 16.0. The highest BCUT2D eigenvalue weighted by Gasteiger charge is 2.40. The maximum Gasteiger partial charge on any atom is 0.278 e. The minimum Gasteiger partial charge on any atom is -0.350 e. The number of amides is 2. The second kappa shape index (κ2) is 8.30. The number of nitrogens with zero attached hydrogens (tertiary/aromatic N) is 2. The topological polar surface area (TPSA) is 62.3 Å². The van der Waals surface area contributed by atoms with E-state index in [1.807, 2.05) is 37.3 Å². The van der Waals surface area contributed by atoms with Crippen LogP contribution in [0.4, 0.5) is 5.69 Å². The van der Waals surface area contributed by atoms with E-state index >= 15 is 0 Å². The van der Waals surface area contributed by atoms with Crippen LogP contribution in [0.2, 0.25) is 10.0 Å². The lowest BCUT2D eigenvalue weighted by atomic mass is 10.0. The molecule has 4 rings (SSSR count). The molecule has 0 aliphatic carbocycles. The standard InChI is InChI=1S/C23H17Cl2N3O2/c1-14-4-7-17(8-5-14)27-21-20(18-9-6-16(24)11-19(18)25)22(29)28(23(21)30)13-15-3-2-10-26-12-15/h2-12,27H,13H2,1H3. The molecular weight excluding hydrogens is 421 g/mol. The summed E-state index contributed by atoms with van der Waals surface area (Å²) in [5, 5.41) is 3.86. The molecule has 1 aliphatic heterocycles. The van der Waals surface area contributed by atoms with Gasteiger partial charge in [-0.3, -0.25) is 19.5 Å². The molecule has 1 N–H and O–H groups in total. The summed E-state index contributed by atoms with van der Waals surface area (Å²) in [6.07, 6.45) is 3.26. The number of nitrogens with one attached hydrogen (secondary N) is 1. The van der Waals surface area contributed by atoms with Crippen LogP contribution in [0, 0.1) is 6.92 Å². The molecule has 0 atom stereocenters. The number of hydrogen-bond donors (Lipinski definition) is 1. The maximum absolute atomic E-state index is 13.3. The van der Waals surface area contributed by atoms with E-state index in [0.717, 1.165) is 11.1 Å². The molecule has 0 unspecified atom stereocenters. The predicted octanol–water partition coefficient (Wildman–Crippen LogP) is 5.09. The van der Waals surface area contributed by atoms with Crippen molar-refractivity contribution in [2.75, 3.05) is 5.32 Å². The molecule has 0 saturated heterocycles. The third-order valence-electron chi connectivity index (χ3n) is 4.75. The van der Waals surface area contributed by atoms with Gasteiger partial charge < -0.3 is 5.32 Å². The van der Waals surface area contributed by atoms with Crippen molar-refractivity contribution in [2.45, 2.75) is 13.5 Å². The van der Waals surface area contributed by atoms with Crippen LogP contribution in [0.1, 0.15) is 16.7 Å². The van der Waals surface area contributed by atoms with E-state index in [9.17, 15) is 9.59 Å². The molecule has 0 radical (unpaired) electrons. The largest absolute Gasteiger partial charge is 0.350 e. The van der Waals surface area contributed by atoms with Crippen LogP contribution in [0.25, 0.3) is 5.57 Å². The van der Waals surface area contributed by atoms with E-state index in [1.165, 1.54) is 4.90 Å². The molecule has 3 aromatic rings. The molecule has 2 heterocycles. The molecule has 0 bridgehead atoms. The van der Waals surface area contributed by atoms with Gasteiger partial charge in [-0.05, 0) is 42.8 Å². The minimum absolute atomic E-state index is 0.110. The van der Waals surface area contributed by atoms with Gasteiger partial charge in [0.25, 0.3) is 11.8 Å². The summed E-state index contributed by atoms with van der Waals surface area (Å²) in [6, 6.07) is 16.0. The Hall–Kier alpha value is -3.15. The van der Waals surface area contributed by atoms with Gasteiger partial charge >= 0.3 is 0 Å². The zero-order valence-corrected chi connectivity index (χ0v) is 17.5. The first-order valence-electron chi connectivity index (χ1n) is 9.22. The van der Waals surface area contributed by atoms with Crippen molar-refractivity contribution in [1.29, 1.82) is 0 Å². The molecular formula is C23H17Cl2N3O2. The monoisotopic (exact) mass is 437 g/mol. The lowest BCUT2D eigenvalue weighted by Gasteiger charge is -2.15. The molecule has 7 heteroatoms. The number of carbonyl (C=O) groups excluding carboxylic acids is 2. The molecule has 5 nitrogen and oxygen atoms in total. The van der Waals surface area contributed by atoms with Gasteiger partial charge in [0.15, 0.2) is 0 Å². The van der Waals surface area contributed by atoms with Crippen LogP contribution >= 0.6 is 23.2 Å². The van der Waals surface area contributed by atoms with Gasteiger partial charge in [0.1, 0.15) is 5.70 Å². The van der Waals surface area contributed by atoms with Crippen LogP contribution in [0.3, 0.4) is 0 Å². The molecule has 0 spiro atoms. The van der Waals surface area contributed by atoms with Crippen LogP contribution in [0.5, 0.6) is 0 Å². The van der Waals surface area contributed by atoms with E-state index in [-0.39, 0.29) is 17.8 Å². The second-order valence-electron chi connectivity index (χ2n) is 6.92.